The molecule has 0 heterocycles. The van der Waals surface area contributed by atoms with Gasteiger partial charge in [-0.3, -0.25) is 0 Å². The van der Waals surface area contributed by atoms with Gasteiger partial charge in [0, 0.05) is 22.3 Å². The van der Waals surface area contributed by atoms with E-state index in [2.05, 4.69) is 21.2 Å². The van der Waals surface area contributed by atoms with Crippen molar-refractivity contribution in [3.05, 3.63) is 85.8 Å². The van der Waals surface area contributed by atoms with Gasteiger partial charge in [-0.2, -0.15) is 0 Å². The van der Waals surface area contributed by atoms with Gasteiger partial charge in [-0.05, 0) is 75.9 Å². The van der Waals surface area contributed by atoms with Crippen molar-refractivity contribution in [3.8, 4) is 11.5 Å². The van der Waals surface area contributed by atoms with Crippen LogP contribution in [-0.4, -0.2) is 7.11 Å². The maximum Gasteiger partial charge on any atom is 0.175 e. The lowest BCUT2D eigenvalue weighted by molar-refractivity contribution is 0.282. The minimum Gasteiger partial charge on any atom is -0.493 e. The van der Waals surface area contributed by atoms with Gasteiger partial charge < -0.3 is 14.8 Å². The van der Waals surface area contributed by atoms with Crippen molar-refractivity contribution in [2.24, 2.45) is 0 Å². The van der Waals surface area contributed by atoms with Gasteiger partial charge in [0.15, 0.2) is 11.5 Å². The van der Waals surface area contributed by atoms with Crippen LogP contribution >= 0.6 is 39.1 Å². The molecule has 1 N–H and O–H groups in total. The van der Waals surface area contributed by atoms with Crippen LogP contribution in [0.25, 0.3) is 0 Å². The number of anilines is 1. The molecular weight excluding hydrogens is 461 g/mol. The van der Waals surface area contributed by atoms with Crippen molar-refractivity contribution in [2.75, 3.05) is 12.4 Å². The van der Waals surface area contributed by atoms with Crippen molar-refractivity contribution >= 4 is 44.8 Å². The standard InChI is InChI=1S/C22H20BrCl2NO2/c1-14-3-6-18(25)11-20(14)26-12-16-9-19(23)22(21(10-16)27-2)28-13-15-4-7-17(24)8-5-15/h3-11,26H,12-13H2,1-2H3. The Morgan fingerprint density at radius 1 is 0.929 bits per heavy atom. The molecule has 3 aromatic carbocycles. The molecule has 0 unspecified atom stereocenters. The van der Waals surface area contributed by atoms with E-state index in [0.717, 1.165) is 26.9 Å². The second-order valence-corrected chi connectivity index (χ2v) is 8.06. The van der Waals surface area contributed by atoms with Crippen LogP contribution in [0.3, 0.4) is 0 Å². The summed E-state index contributed by atoms with van der Waals surface area (Å²) in [5.41, 5.74) is 4.23. The van der Waals surface area contributed by atoms with Crippen LogP contribution < -0.4 is 14.8 Å². The molecule has 0 spiro atoms. The average Bonchev–Trinajstić information content (AvgIpc) is 2.68. The monoisotopic (exact) mass is 479 g/mol. The zero-order valence-electron chi connectivity index (χ0n) is 15.6. The number of hydrogen-bond donors (Lipinski definition) is 1. The molecule has 0 aliphatic rings. The molecule has 0 aliphatic carbocycles. The Balaban J connectivity index is 1.73. The summed E-state index contributed by atoms with van der Waals surface area (Å²) in [7, 11) is 1.63. The summed E-state index contributed by atoms with van der Waals surface area (Å²) in [5, 5.41) is 4.83. The number of benzene rings is 3. The number of aryl methyl sites for hydroxylation is 1. The van der Waals surface area contributed by atoms with E-state index in [0.29, 0.717) is 34.7 Å². The highest BCUT2D eigenvalue weighted by molar-refractivity contribution is 9.10. The fourth-order valence-electron chi connectivity index (χ4n) is 2.73. The lowest BCUT2D eigenvalue weighted by atomic mass is 10.1. The maximum absolute atomic E-state index is 6.09. The summed E-state index contributed by atoms with van der Waals surface area (Å²) in [6, 6.07) is 17.4. The summed E-state index contributed by atoms with van der Waals surface area (Å²) in [5.74, 6) is 1.34. The van der Waals surface area contributed by atoms with E-state index in [4.69, 9.17) is 32.7 Å². The predicted octanol–water partition coefficient (Wildman–Crippen LogP) is 7.26. The van der Waals surface area contributed by atoms with E-state index in [1.807, 2.05) is 61.5 Å². The van der Waals surface area contributed by atoms with Crippen molar-refractivity contribution in [3.63, 3.8) is 0 Å². The number of rotatable bonds is 7. The first kappa shape index (κ1) is 20.8. The van der Waals surface area contributed by atoms with Gasteiger partial charge in [0.2, 0.25) is 0 Å². The lowest BCUT2D eigenvalue weighted by Gasteiger charge is -2.16. The van der Waals surface area contributed by atoms with E-state index < -0.39 is 0 Å². The summed E-state index contributed by atoms with van der Waals surface area (Å²) in [6.07, 6.45) is 0. The molecule has 0 saturated carbocycles. The van der Waals surface area contributed by atoms with Gasteiger partial charge in [0.25, 0.3) is 0 Å². The molecule has 0 aliphatic heterocycles. The molecule has 146 valence electrons. The molecule has 28 heavy (non-hydrogen) atoms. The number of halogens is 3. The fraction of sp³-hybridized carbons (Fsp3) is 0.182. The van der Waals surface area contributed by atoms with Crippen LogP contribution in [0.15, 0.2) is 59.1 Å². The number of nitrogens with one attached hydrogen (secondary N) is 1. The van der Waals surface area contributed by atoms with Crippen LogP contribution in [0.1, 0.15) is 16.7 Å². The van der Waals surface area contributed by atoms with Crippen LogP contribution in [0.4, 0.5) is 5.69 Å². The molecule has 0 fully saturated rings. The molecule has 0 aromatic heterocycles. The minimum atomic E-state index is 0.422. The van der Waals surface area contributed by atoms with Gasteiger partial charge in [0.05, 0.1) is 11.6 Å². The first-order chi connectivity index (χ1) is 13.5. The fourth-order valence-corrected chi connectivity index (χ4v) is 3.64. The summed E-state index contributed by atoms with van der Waals surface area (Å²) in [6.45, 7) is 3.10. The quantitative estimate of drug-likeness (QED) is 0.385. The number of hydrogen-bond acceptors (Lipinski definition) is 3. The summed E-state index contributed by atoms with van der Waals surface area (Å²) in [4.78, 5) is 0. The van der Waals surface area contributed by atoms with Gasteiger partial charge >= 0.3 is 0 Å². The zero-order chi connectivity index (χ0) is 20.1. The third kappa shape index (κ3) is 5.34. The Morgan fingerprint density at radius 3 is 2.36 bits per heavy atom. The Hall–Kier alpha value is -1.88. The molecule has 0 atom stereocenters. The topological polar surface area (TPSA) is 30.5 Å². The molecule has 0 bridgehead atoms. The Kier molecular flexibility index (Phi) is 7.11. The van der Waals surface area contributed by atoms with Gasteiger partial charge in [-0.1, -0.05) is 41.4 Å². The van der Waals surface area contributed by atoms with Crippen LogP contribution in [-0.2, 0) is 13.2 Å². The Labute approximate surface area is 183 Å². The molecule has 0 radical (unpaired) electrons. The van der Waals surface area contributed by atoms with Crippen LogP contribution in [0.2, 0.25) is 10.0 Å². The van der Waals surface area contributed by atoms with Gasteiger partial charge in [-0.25, -0.2) is 0 Å². The van der Waals surface area contributed by atoms with Crippen molar-refractivity contribution in [1.82, 2.24) is 0 Å². The van der Waals surface area contributed by atoms with Crippen LogP contribution in [0, 0.1) is 6.92 Å². The molecule has 6 heteroatoms. The second kappa shape index (κ2) is 9.55. The molecule has 3 aromatic rings. The molecule has 0 saturated heterocycles. The minimum absolute atomic E-state index is 0.422. The third-order valence-corrected chi connectivity index (χ3v) is 5.34. The molecule has 3 rings (SSSR count). The van der Waals surface area contributed by atoms with Crippen molar-refractivity contribution in [1.29, 1.82) is 0 Å². The highest BCUT2D eigenvalue weighted by atomic mass is 79.9. The Bertz CT molecular complexity index is 961. The van der Waals surface area contributed by atoms with E-state index in [9.17, 15) is 0 Å². The average molecular weight is 481 g/mol. The number of methoxy groups -OCH3 is 1. The lowest BCUT2D eigenvalue weighted by Crippen LogP contribution is -2.03. The molecule has 3 nitrogen and oxygen atoms in total. The first-order valence-corrected chi connectivity index (χ1v) is 10.2. The van der Waals surface area contributed by atoms with Gasteiger partial charge in [-0.15, -0.1) is 0 Å². The van der Waals surface area contributed by atoms with Crippen molar-refractivity contribution < 1.29 is 9.47 Å². The van der Waals surface area contributed by atoms with Crippen LogP contribution in [0.5, 0.6) is 11.5 Å². The smallest absolute Gasteiger partial charge is 0.175 e. The Morgan fingerprint density at radius 2 is 1.64 bits per heavy atom. The van der Waals surface area contributed by atoms with Crippen molar-refractivity contribution in [2.45, 2.75) is 20.1 Å². The number of ether oxygens (including phenoxy) is 2. The second-order valence-electron chi connectivity index (χ2n) is 6.34. The third-order valence-electron chi connectivity index (χ3n) is 4.27. The molecule has 0 amide bonds. The van der Waals surface area contributed by atoms with E-state index in [-0.39, 0.29) is 0 Å². The summed E-state index contributed by atoms with van der Waals surface area (Å²) < 4.78 is 12.4. The predicted molar refractivity (Wildman–Crippen MR) is 120 cm³/mol. The largest absolute Gasteiger partial charge is 0.493 e. The zero-order valence-corrected chi connectivity index (χ0v) is 18.7. The normalized spacial score (nSPS) is 10.6. The van der Waals surface area contributed by atoms with Gasteiger partial charge in [0.1, 0.15) is 6.61 Å². The van der Waals surface area contributed by atoms with E-state index >= 15 is 0 Å². The molecular formula is C22H20BrCl2NO2. The van der Waals surface area contributed by atoms with E-state index in [1.165, 1.54) is 0 Å². The summed E-state index contributed by atoms with van der Waals surface area (Å²) >= 11 is 15.6. The SMILES string of the molecule is COc1cc(CNc2cc(Cl)ccc2C)cc(Br)c1OCc1ccc(Cl)cc1. The maximum atomic E-state index is 6.09. The highest BCUT2D eigenvalue weighted by Gasteiger charge is 2.12. The van der Waals surface area contributed by atoms with E-state index in [1.54, 1.807) is 7.11 Å². The first-order valence-electron chi connectivity index (χ1n) is 8.70. The highest BCUT2D eigenvalue weighted by Crippen LogP contribution is 2.37.